The van der Waals surface area contributed by atoms with Gasteiger partial charge in [-0.1, -0.05) is 24.6 Å². The number of nitrogens with zero attached hydrogens (tertiary/aromatic N) is 1. The lowest BCUT2D eigenvalue weighted by atomic mass is 9.47. The Balaban J connectivity index is 1.58. The molecular formula is C23H39NO2Si. The first-order chi connectivity index (χ1) is 12.7. The van der Waals surface area contributed by atoms with E-state index in [1.165, 1.54) is 44.9 Å². The molecule has 3 saturated carbocycles. The first kappa shape index (κ1) is 19.7. The second-order valence-corrected chi connectivity index (χ2v) is 15.6. The first-order valence-corrected chi connectivity index (χ1v) is 14.6. The largest absolute Gasteiger partial charge is 0.414 e. The first-order valence-electron chi connectivity index (χ1n) is 11.2. The van der Waals surface area contributed by atoms with Gasteiger partial charge in [0, 0.05) is 0 Å². The van der Waals surface area contributed by atoms with Crippen molar-refractivity contribution < 1.29 is 9.26 Å². The molecular weight excluding hydrogens is 350 g/mol. The predicted molar refractivity (Wildman–Crippen MR) is 114 cm³/mol. The SMILES string of the molecule is CON=C1C=C2CCC3C(CCC4(C)C3CC[C@@H]4O[Si](C)(C)C)C2(C)CC1. The van der Waals surface area contributed by atoms with Crippen molar-refractivity contribution in [2.45, 2.75) is 91.0 Å². The van der Waals surface area contributed by atoms with Crippen molar-refractivity contribution in [3.05, 3.63) is 11.6 Å². The van der Waals surface area contributed by atoms with Crippen LogP contribution in [0.25, 0.3) is 0 Å². The van der Waals surface area contributed by atoms with E-state index in [0.717, 1.165) is 29.9 Å². The monoisotopic (exact) mass is 389 g/mol. The van der Waals surface area contributed by atoms with Gasteiger partial charge in [0.1, 0.15) is 7.11 Å². The number of hydrogen-bond donors (Lipinski definition) is 0. The summed E-state index contributed by atoms with van der Waals surface area (Å²) in [6.07, 6.45) is 13.2. The molecule has 4 heteroatoms. The molecule has 4 rings (SSSR count). The van der Waals surface area contributed by atoms with E-state index < -0.39 is 8.32 Å². The van der Waals surface area contributed by atoms with E-state index in [1.54, 1.807) is 12.7 Å². The zero-order valence-electron chi connectivity index (χ0n) is 18.3. The highest BCUT2D eigenvalue weighted by molar-refractivity contribution is 6.69. The fraction of sp³-hybridized carbons (Fsp3) is 0.870. The number of oxime groups is 1. The van der Waals surface area contributed by atoms with Crippen molar-refractivity contribution >= 4 is 14.0 Å². The summed E-state index contributed by atoms with van der Waals surface area (Å²) in [5.41, 5.74) is 3.60. The van der Waals surface area contributed by atoms with E-state index in [-0.39, 0.29) is 0 Å². The normalized spacial score (nSPS) is 45.7. The zero-order valence-corrected chi connectivity index (χ0v) is 19.3. The smallest absolute Gasteiger partial charge is 0.184 e. The molecule has 0 amide bonds. The molecule has 5 unspecified atom stereocenters. The van der Waals surface area contributed by atoms with Crippen molar-refractivity contribution in [3.63, 3.8) is 0 Å². The number of fused-ring (bicyclic) bond motifs is 5. The van der Waals surface area contributed by atoms with Gasteiger partial charge in [-0.05, 0) is 106 Å². The van der Waals surface area contributed by atoms with Crippen molar-refractivity contribution in [1.29, 1.82) is 0 Å². The Labute approximate surface area is 167 Å². The van der Waals surface area contributed by atoms with Gasteiger partial charge in [0.25, 0.3) is 0 Å². The standard InChI is InChI=1S/C23H39NO2Si/c1-22-13-11-17(24-25-3)15-16(22)7-8-18-19-9-10-21(26-27(4,5)6)23(19,2)14-12-20(18)22/h15,18-21H,7-14H2,1-6H3/t18?,19?,20?,21-,22?,23?/m0/s1. The van der Waals surface area contributed by atoms with Crippen molar-refractivity contribution in [2.24, 2.45) is 33.7 Å². The van der Waals surface area contributed by atoms with E-state index >= 15 is 0 Å². The maximum atomic E-state index is 6.72. The average molecular weight is 390 g/mol. The van der Waals surface area contributed by atoms with E-state index in [9.17, 15) is 0 Å². The Morgan fingerprint density at radius 3 is 2.48 bits per heavy atom. The van der Waals surface area contributed by atoms with Gasteiger partial charge >= 0.3 is 0 Å². The van der Waals surface area contributed by atoms with Gasteiger partial charge in [-0.3, -0.25) is 0 Å². The minimum absolute atomic E-state index is 0.384. The molecule has 3 fully saturated rings. The van der Waals surface area contributed by atoms with E-state index in [2.05, 4.69) is 44.7 Å². The van der Waals surface area contributed by atoms with Crippen LogP contribution in [0.2, 0.25) is 19.6 Å². The summed E-state index contributed by atoms with van der Waals surface area (Å²) in [4.78, 5) is 5.05. The number of hydrogen-bond acceptors (Lipinski definition) is 3. The van der Waals surface area contributed by atoms with Crippen LogP contribution in [0.15, 0.2) is 16.8 Å². The Morgan fingerprint density at radius 2 is 1.78 bits per heavy atom. The molecule has 0 bridgehead atoms. The van der Waals surface area contributed by atoms with Crippen molar-refractivity contribution in [1.82, 2.24) is 0 Å². The molecule has 0 N–H and O–H groups in total. The van der Waals surface area contributed by atoms with Gasteiger partial charge in [0.15, 0.2) is 8.32 Å². The Hall–Kier alpha value is -0.613. The molecule has 0 saturated heterocycles. The van der Waals surface area contributed by atoms with Gasteiger partial charge in [-0.2, -0.15) is 0 Å². The Kier molecular flexibility index (Phi) is 4.90. The Morgan fingerprint density at radius 1 is 1.00 bits per heavy atom. The molecule has 0 aliphatic heterocycles. The van der Waals surface area contributed by atoms with Crippen LogP contribution in [0.5, 0.6) is 0 Å². The fourth-order valence-electron chi connectivity index (χ4n) is 7.33. The minimum Gasteiger partial charge on any atom is -0.414 e. The third kappa shape index (κ3) is 3.25. The van der Waals surface area contributed by atoms with Gasteiger partial charge < -0.3 is 9.26 Å². The minimum atomic E-state index is -1.48. The predicted octanol–water partition coefficient (Wildman–Crippen LogP) is 6.17. The summed E-state index contributed by atoms with van der Waals surface area (Å²) in [6.45, 7) is 12.2. The van der Waals surface area contributed by atoms with Crippen LogP contribution >= 0.6 is 0 Å². The molecule has 152 valence electrons. The molecule has 27 heavy (non-hydrogen) atoms. The second kappa shape index (κ2) is 6.72. The van der Waals surface area contributed by atoms with Crippen molar-refractivity contribution in [3.8, 4) is 0 Å². The molecule has 0 spiro atoms. The lowest BCUT2D eigenvalue weighted by molar-refractivity contribution is -0.0675. The van der Waals surface area contributed by atoms with Crippen LogP contribution in [0, 0.1) is 28.6 Å². The molecule has 3 nitrogen and oxygen atoms in total. The summed E-state index contributed by atoms with van der Waals surface area (Å²) in [5, 5.41) is 4.25. The highest BCUT2D eigenvalue weighted by atomic mass is 28.4. The molecule has 0 aromatic carbocycles. The highest BCUT2D eigenvalue weighted by Gasteiger charge is 2.59. The molecule has 4 aliphatic rings. The third-order valence-corrected chi connectivity index (χ3v) is 9.59. The molecule has 6 atom stereocenters. The van der Waals surface area contributed by atoms with Gasteiger partial charge in [-0.15, -0.1) is 0 Å². The van der Waals surface area contributed by atoms with E-state index in [0.29, 0.717) is 16.9 Å². The van der Waals surface area contributed by atoms with Gasteiger partial charge in [0.05, 0.1) is 11.8 Å². The fourth-order valence-corrected chi connectivity index (χ4v) is 8.57. The summed E-state index contributed by atoms with van der Waals surface area (Å²) in [7, 11) is 0.182. The third-order valence-electron chi connectivity index (χ3n) is 8.59. The number of rotatable bonds is 3. The molecule has 0 aromatic rings. The lowest BCUT2D eigenvalue weighted by Gasteiger charge is -2.58. The molecule has 0 aromatic heterocycles. The molecule has 4 aliphatic carbocycles. The maximum absolute atomic E-state index is 6.72. The van der Waals surface area contributed by atoms with Crippen LogP contribution in [-0.4, -0.2) is 27.2 Å². The summed E-state index contributed by atoms with van der Waals surface area (Å²) >= 11 is 0. The van der Waals surface area contributed by atoms with Crippen LogP contribution in [0.3, 0.4) is 0 Å². The van der Waals surface area contributed by atoms with E-state index in [1.807, 2.05) is 0 Å². The van der Waals surface area contributed by atoms with Gasteiger partial charge in [0.2, 0.25) is 0 Å². The highest BCUT2D eigenvalue weighted by Crippen LogP contribution is 2.65. The van der Waals surface area contributed by atoms with E-state index in [4.69, 9.17) is 9.26 Å². The van der Waals surface area contributed by atoms with Crippen molar-refractivity contribution in [2.75, 3.05) is 7.11 Å². The van der Waals surface area contributed by atoms with Crippen LogP contribution < -0.4 is 0 Å². The molecule has 0 heterocycles. The van der Waals surface area contributed by atoms with Crippen LogP contribution in [-0.2, 0) is 9.26 Å². The number of allylic oxidation sites excluding steroid dienone is 2. The Bertz CT molecular complexity index is 651. The average Bonchev–Trinajstić information content (AvgIpc) is 2.90. The van der Waals surface area contributed by atoms with Crippen LogP contribution in [0.1, 0.15) is 65.2 Å². The second-order valence-electron chi connectivity index (χ2n) is 11.1. The topological polar surface area (TPSA) is 30.8 Å². The van der Waals surface area contributed by atoms with Crippen LogP contribution in [0.4, 0.5) is 0 Å². The summed E-state index contributed by atoms with van der Waals surface area (Å²) in [5.74, 6) is 2.61. The lowest BCUT2D eigenvalue weighted by Crippen LogP contribution is -2.52. The quantitative estimate of drug-likeness (QED) is 0.427. The summed E-state index contributed by atoms with van der Waals surface area (Å²) < 4.78 is 6.72. The maximum Gasteiger partial charge on any atom is 0.184 e. The summed E-state index contributed by atoms with van der Waals surface area (Å²) in [6, 6.07) is 0. The van der Waals surface area contributed by atoms with Gasteiger partial charge in [-0.25, -0.2) is 0 Å². The molecule has 0 radical (unpaired) electrons. The zero-order chi connectivity index (χ0) is 19.4.